The van der Waals surface area contributed by atoms with Crippen molar-refractivity contribution in [2.45, 2.75) is 46.5 Å². The Balaban J connectivity index is 0.000000255. The minimum atomic E-state index is 1.30. The number of aromatic nitrogens is 1. The van der Waals surface area contributed by atoms with Gasteiger partial charge in [-0.15, -0.1) is 0 Å². The van der Waals surface area contributed by atoms with E-state index >= 15 is 0 Å². The topological polar surface area (TPSA) is 3.88 Å². The van der Waals surface area contributed by atoms with Crippen LogP contribution < -0.4 is 4.57 Å². The Labute approximate surface area is 88.8 Å². The Morgan fingerprint density at radius 3 is 2.00 bits per heavy atom. The molecule has 1 aromatic heterocycles. The van der Waals surface area contributed by atoms with Gasteiger partial charge in [-0.05, 0) is 13.0 Å². The molecule has 0 bridgehead atoms. The highest BCUT2D eigenvalue weighted by molar-refractivity contribution is 5.00. The summed E-state index contributed by atoms with van der Waals surface area (Å²) in [6.45, 7) is 6.55. The molecule has 0 aromatic carbocycles. The van der Waals surface area contributed by atoms with Gasteiger partial charge < -0.3 is 0 Å². The number of hydrogen-bond donors (Lipinski definition) is 0. The van der Waals surface area contributed by atoms with Gasteiger partial charge >= 0.3 is 0 Å². The van der Waals surface area contributed by atoms with E-state index in [-0.39, 0.29) is 0 Å². The van der Waals surface area contributed by atoms with Gasteiger partial charge in [0, 0.05) is 11.6 Å². The van der Waals surface area contributed by atoms with E-state index in [1.165, 1.54) is 31.2 Å². The number of rotatable bonds is 3. The van der Waals surface area contributed by atoms with Crippen LogP contribution in [0, 0.1) is 6.92 Å². The van der Waals surface area contributed by atoms with Gasteiger partial charge in [0.25, 0.3) is 0 Å². The predicted octanol–water partition coefficient (Wildman–Crippen LogP) is 3.41. The smallest absolute Gasteiger partial charge is 0.171 e. The average Bonchev–Trinajstić information content (AvgIpc) is 2.15. The van der Waals surface area contributed by atoms with E-state index in [1.54, 1.807) is 0 Å². The fourth-order valence-electron chi connectivity index (χ4n) is 1.24. The lowest BCUT2D eigenvalue weighted by Gasteiger charge is -1.86. The van der Waals surface area contributed by atoms with Gasteiger partial charge in [-0.2, -0.15) is 0 Å². The van der Waals surface area contributed by atoms with Gasteiger partial charge in [-0.3, -0.25) is 0 Å². The Kier molecular flexibility index (Phi) is 8.20. The molecule has 0 spiro atoms. The lowest BCUT2D eigenvalue weighted by Crippen LogP contribution is -2.26. The molecule has 0 aliphatic carbocycles. The van der Waals surface area contributed by atoms with Gasteiger partial charge in [0.2, 0.25) is 0 Å². The standard InChI is InChI=1S/C7H10N.C6H14/c1-7-4-3-5-8(2)6-7;1-3-5-6-4-2/h3-6H,1-2H3;3-6H2,1-2H3/q+1;. The van der Waals surface area contributed by atoms with E-state index in [9.17, 15) is 0 Å². The summed E-state index contributed by atoms with van der Waals surface area (Å²) < 4.78 is 2.04. The molecule has 0 unspecified atom stereocenters. The molecular formula is C13H24N+. The minimum absolute atomic E-state index is 1.30. The lowest BCUT2D eigenvalue weighted by atomic mass is 10.2. The number of aryl methyl sites for hydroxylation is 2. The molecule has 0 aliphatic heterocycles. The third-order valence-electron chi connectivity index (χ3n) is 2.04. The minimum Gasteiger partial charge on any atom is -0.208 e. The van der Waals surface area contributed by atoms with Crippen molar-refractivity contribution in [3.05, 3.63) is 30.1 Å². The quantitative estimate of drug-likeness (QED) is 0.513. The van der Waals surface area contributed by atoms with Crippen molar-refractivity contribution < 1.29 is 4.57 Å². The highest BCUT2D eigenvalue weighted by Crippen LogP contribution is 1.95. The number of unbranched alkanes of at least 4 members (excludes halogenated alkanes) is 3. The summed E-state index contributed by atoms with van der Waals surface area (Å²) in [6.07, 6.45) is 9.64. The van der Waals surface area contributed by atoms with Crippen LogP contribution in [0.2, 0.25) is 0 Å². The Morgan fingerprint density at radius 1 is 1.14 bits per heavy atom. The van der Waals surface area contributed by atoms with E-state index in [2.05, 4.69) is 33.0 Å². The van der Waals surface area contributed by atoms with Gasteiger partial charge in [-0.25, -0.2) is 4.57 Å². The monoisotopic (exact) mass is 194 g/mol. The molecule has 1 heterocycles. The van der Waals surface area contributed by atoms with Crippen molar-refractivity contribution in [3.63, 3.8) is 0 Å². The van der Waals surface area contributed by atoms with Crippen molar-refractivity contribution in [2.24, 2.45) is 7.05 Å². The lowest BCUT2D eigenvalue weighted by molar-refractivity contribution is -0.671. The first-order chi connectivity index (χ1) is 6.70. The van der Waals surface area contributed by atoms with Crippen LogP contribution in [0.25, 0.3) is 0 Å². The summed E-state index contributed by atoms with van der Waals surface area (Å²) in [7, 11) is 2.02. The summed E-state index contributed by atoms with van der Waals surface area (Å²) in [5, 5.41) is 0. The molecule has 0 saturated carbocycles. The second-order valence-corrected chi connectivity index (χ2v) is 3.75. The van der Waals surface area contributed by atoms with Crippen LogP contribution in [-0.4, -0.2) is 0 Å². The van der Waals surface area contributed by atoms with E-state index in [1.807, 2.05) is 23.9 Å². The number of nitrogens with zero attached hydrogens (tertiary/aromatic N) is 1. The second kappa shape index (κ2) is 8.74. The Hall–Kier alpha value is -0.850. The van der Waals surface area contributed by atoms with E-state index in [0.717, 1.165) is 0 Å². The van der Waals surface area contributed by atoms with Crippen molar-refractivity contribution in [1.82, 2.24) is 0 Å². The summed E-state index contributed by atoms with van der Waals surface area (Å²) in [6, 6.07) is 4.12. The van der Waals surface area contributed by atoms with E-state index in [0.29, 0.717) is 0 Å². The van der Waals surface area contributed by atoms with E-state index < -0.39 is 0 Å². The van der Waals surface area contributed by atoms with Crippen LogP contribution in [0.15, 0.2) is 24.5 Å². The molecule has 0 saturated heterocycles. The van der Waals surface area contributed by atoms with Crippen LogP contribution in [0.4, 0.5) is 0 Å². The average molecular weight is 194 g/mol. The van der Waals surface area contributed by atoms with Gasteiger partial charge in [0.1, 0.15) is 7.05 Å². The fourth-order valence-corrected chi connectivity index (χ4v) is 1.24. The maximum absolute atomic E-state index is 2.23. The van der Waals surface area contributed by atoms with Crippen molar-refractivity contribution >= 4 is 0 Å². The van der Waals surface area contributed by atoms with Crippen LogP contribution in [0.3, 0.4) is 0 Å². The van der Waals surface area contributed by atoms with Gasteiger partial charge in [-0.1, -0.05) is 39.5 Å². The largest absolute Gasteiger partial charge is 0.208 e. The summed E-state index contributed by atoms with van der Waals surface area (Å²) in [4.78, 5) is 0. The van der Waals surface area contributed by atoms with Crippen molar-refractivity contribution in [1.29, 1.82) is 0 Å². The highest BCUT2D eigenvalue weighted by Gasteiger charge is 1.87. The maximum atomic E-state index is 2.23. The molecule has 0 radical (unpaired) electrons. The Bertz CT molecular complexity index is 209. The second-order valence-electron chi connectivity index (χ2n) is 3.75. The van der Waals surface area contributed by atoms with Gasteiger partial charge in [0.05, 0.1) is 0 Å². The molecule has 0 aliphatic rings. The molecule has 80 valence electrons. The summed E-state index contributed by atoms with van der Waals surface area (Å²) >= 11 is 0. The predicted molar refractivity (Wildman–Crippen MR) is 62.2 cm³/mol. The SMILES string of the molecule is CCCCCC.Cc1ccc[n+](C)c1. The summed E-state index contributed by atoms with van der Waals surface area (Å²) in [5.74, 6) is 0. The first-order valence-corrected chi connectivity index (χ1v) is 5.62. The van der Waals surface area contributed by atoms with Crippen LogP contribution in [0.1, 0.15) is 45.1 Å². The number of pyridine rings is 1. The molecule has 1 heteroatoms. The highest BCUT2D eigenvalue weighted by atomic mass is 14.9. The van der Waals surface area contributed by atoms with Crippen molar-refractivity contribution in [2.75, 3.05) is 0 Å². The molecular weight excluding hydrogens is 170 g/mol. The molecule has 0 amide bonds. The molecule has 1 aromatic rings. The van der Waals surface area contributed by atoms with Crippen molar-refractivity contribution in [3.8, 4) is 0 Å². The molecule has 0 fully saturated rings. The first kappa shape index (κ1) is 13.2. The number of hydrogen-bond acceptors (Lipinski definition) is 0. The fraction of sp³-hybridized carbons (Fsp3) is 0.615. The van der Waals surface area contributed by atoms with E-state index in [4.69, 9.17) is 0 Å². The molecule has 0 atom stereocenters. The van der Waals surface area contributed by atoms with Crippen LogP contribution >= 0.6 is 0 Å². The molecule has 14 heavy (non-hydrogen) atoms. The third kappa shape index (κ3) is 7.78. The molecule has 1 nitrogen and oxygen atoms in total. The van der Waals surface area contributed by atoms with Crippen LogP contribution in [0.5, 0.6) is 0 Å². The van der Waals surface area contributed by atoms with Gasteiger partial charge in [0.15, 0.2) is 12.4 Å². The third-order valence-corrected chi connectivity index (χ3v) is 2.04. The first-order valence-electron chi connectivity index (χ1n) is 5.62. The zero-order chi connectivity index (χ0) is 10.8. The van der Waals surface area contributed by atoms with Crippen LogP contribution in [-0.2, 0) is 7.05 Å². The molecule has 1 rings (SSSR count). The zero-order valence-corrected chi connectivity index (χ0v) is 10.1. The zero-order valence-electron chi connectivity index (χ0n) is 10.1. The molecule has 0 N–H and O–H groups in total. The Morgan fingerprint density at radius 2 is 1.71 bits per heavy atom. The maximum Gasteiger partial charge on any atom is 0.171 e. The normalized spacial score (nSPS) is 9.14. The summed E-state index contributed by atoms with van der Waals surface area (Å²) in [5.41, 5.74) is 1.30.